The molecule has 180 valence electrons. The molecule has 0 radical (unpaired) electrons. The Bertz CT molecular complexity index is 1090. The van der Waals surface area contributed by atoms with Crippen LogP contribution in [-0.4, -0.2) is 61.7 Å². The van der Waals surface area contributed by atoms with Crippen LogP contribution in [-0.2, 0) is 9.53 Å². The maximum atomic E-state index is 13.3. The van der Waals surface area contributed by atoms with Gasteiger partial charge in [-0.25, -0.2) is 4.79 Å². The number of urea groups is 1. The number of ether oxygens (including phenoxy) is 2. The number of hydrogen-bond donors (Lipinski definition) is 3. The van der Waals surface area contributed by atoms with Gasteiger partial charge in [0.05, 0.1) is 24.1 Å². The molecule has 2 aromatic carbocycles. The van der Waals surface area contributed by atoms with Crippen molar-refractivity contribution < 1.29 is 23.9 Å². The van der Waals surface area contributed by atoms with E-state index in [2.05, 4.69) is 16.0 Å². The normalized spacial score (nSPS) is 21.8. The number of rotatable bonds is 4. The molecule has 1 fully saturated rings. The van der Waals surface area contributed by atoms with E-state index in [0.29, 0.717) is 35.5 Å². The third kappa shape index (κ3) is 5.31. The van der Waals surface area contributed by atoms with Gasteiger partial charge in [-0.15, -0.1) is 0 Å². The summed E-state index contributed by atoms with van der Waals surface area (Å²) in [6, 6.07) is 11.9. The minimum atomic E-state index is -0.402. The first kappa shape index (κ1) is 23.6. The second kappa shape index (κ2) is 10.1. The fraction of sp³-hybridized carbons (Fsp3) is 0.400. The lowest BCUT2D eigenvalue weighted by atomic mass is 9.94. The Morgan fingerprint density at radius 1 is 1.09 bits per heavy atom. The Kier molecular flexibility index (Phi) is 7.02. The first-order valence-electron chi connectivity index (χ1n) is 11.4. The summed E-state index contributed by atoms with van der Waals surface area (Å²) in [4.78, 5) is 39.2. The van der Waals surface area contributed by atoms with Crippen LogP contribution in [0.4, 0.5) is 16.2 Å². The third-order valence-electron chi connectivity index (χ3n) is 6.24. The van der Waals surface area contributed by atoms with Gasteiger partial charge in [0.15, 0.2) is 0 Å². The zero-order valence-electron chi connectivity index (χ0n) is 19.6. The summed E-state index contributed by atoms with van der Waals surface area (Å²) in [7, 11) is 3.35. The molecule has 0 aliphatic carbocycles. The molecule has 3 N–H and O–H groups in total. The lowest BCUT2D eigenvalue weighted by Gasteiger charge is -2.42. The maximum absolute atomic E-state index is 13.3. The highest BCUT2D eigenvalue weighted by molar-refractivity contribution is 6.02. The van der Waals surface area contributed by atoms with Crippen LogP contribution >= 0.6 is 0 Å². The Morgan fingerprint density at radius 2 is 1.85 bits per heavy atom. The Balaban J connectivity index is 1.47. The highest BCUT2D eigenvalue weighted by Gasteiger charge is 2.39. The van der Waals surface area contributed by atoms with Crippen LogP contribution in [0, 0.1) is 6.92 Å². The van der Waals surface area contributed by atoms with E-state index >= 15 is 0 Å². The first-order chi connectivity index (χ1) is 16.3. The monoisotopic (exact) mass is 466 g/mol. The largest absolute Gasteiger partial charge is 0.490 e. The first-order valence-corrected chi connectivity index (χ1v) is 11.4. The summed E-state index contributed by atoms with van der Waals surface area (Å²) in [5, 5.41) is 8.19. The molecule has 3 atom stereocenters. The number of benzene rings is 2. The minimum Gasteiger partial charge on any atom is -0.490 e. The molecular weight excluding hydrogens is 436 g/mol. The number of nitrogens with zero attached hydrogens (tertiary/aromatic N) is 1. The molecule has 0 aromatic heterocycles. The van der Waals surface area contributed by atoms with Crippen molar-refractivity contribution in [3.8, 4) is 5.75 Å². The standard InChI is InChI=1S/C25H30N4O5/c1-15-5-4-6-16(11-15)27-25(32)28-17-7-10-21-19(12-17)24(31)29(3)20-9-8-18(13-23(30)26-2)34-22(20)14-33-21/h4-7,10-12,18,20,22H,8-9,13-14H2,1-3H3,(H,26,30)(H2,27,28,32)/t18-,20+,22-/m1/s1. The molecule has 4 amide bonds. The number of aryl methyl sites for hydroxylation is 1. The van der Waals surface area contributed by atoms with Crippen molar-refractivity contribution in [2.24, 2.45) is 0 Å². The van der Waals surface area contributed by atoms with Crippen LogP contribution in [0.15, 0.2) is 42.5 Å². The molecule has 0 saturated carbocycles. The number of nitrogens with one attached hydrogen (secondary N) is 3. The van der Waals surface area contributed by atoms with Crippen LogP contribution in [0.1, 0.15) is 35.2 Å². The van der Waals surface area contributed by atoms with Crippen LogP contribution in [0.25, 0.3) is 0 Å². The molecule has 1 saturated heterocycles. The van der Waals surface area contributed by atoms with Crippen molar-refractivity contribution in [1.82, 2.24) is 10.2 Å². The summed E-state index contributed by atoms with van der Waals surface area (Å²) in [5.41, 5.74) is 2.58. The van der Waals surface area contributed by atoms with E-state index in [1.807, 2.05) is 25.1 Å². The Hall–Kier alpha value is -3.59. The SMILES string of the molecule is CNC(=O)C[C@H]1CC[C@H]2[C@@H](COc3ccc(NC(=O)Nc4cccc(C)c4)cc3C(=O)N2C)O1. The molecule has 9 heteroatoms. The van der Waals surface area contributed by atoms with Crippen molar-refractivity contribution in [3.63, 3.8) is 0 Å². The number of carbonyl (C=O) groups excluding carboxylic acids is 3. The second-order valence-electron chi connectivity index (χ2n) is 8.71. The van der Waals surface area contributed by atoms with Gasteiger partial charge < -0.3 is 30.3 Å². The van der Waals surface area contributed by atoms with E-state index in [1.165, 1.54) is 0 Å². The molecule has 34 heavy (non-hydrogen) atoms. The summed E-state index contributed by atoms with van der Waals surface area (Å²) < 4.78 is 12.1. The van der Waals surface area contributed by atoms with Crippen molar-refractivity contribution in [3.05, 3.63) is 53.6 Å². The molecule has 2 aliphatic rings. The van der Waals surface area contributed by atoms with Gasteiger partial charge in [-0.1, -0.05) is 12.1 Å². The van der Waals surface area contributed by atoms with E-state index in [4.69, 9.17) is 9.47 Å². The lowest BCUT2D eigenvalue weighted by Crippen LogP contribution is -2.53. The number of fused-ring (bicyclic) bond motifs is 2. The van der Waals surface area contributed by atoms with E-state index in [9.17, 15) is 14.4 Å². The molecule has 0 spiro atoms. The highest BCUT2D eigenvalue weighted by Crippen LogP contribution is 2.32. The molecular formula is C25H30N4O5. The number of hydrogen-bond acceptors (Lipinski definition) is 5. The highest BCUT2D eigenvalue weighted by atomic mass is 16.5. The number of amides is 4. The molecule has 2 aliphatic heterocycles. The van der Waals surface area contributed by atoms with Crippen LogP contribution < -0.4 is 20.7 Å². The van der Waals surface area contributed by atoms with E-state index in [-0.39, 0.29) is 43.1 Å². The molecule has 0 bridgehead atoms. The zero-order valence-corrected chi connectivity index (χ0v) is 19.6. The van der Waals surface area contributed by atoms with E-state index < -0.39 is 6.03 Å². The van der Waals surface area contributed by atoms with Gasteiger partial charge in [0, 0.05) is 25.5 Å². The zero-order chi connectivity index (χ0) is 24.2. The quantitative estimate of drug-likeness (QED) is 0.641. The Labute approximate surface area is 198 Å². The van der Waals surface area contributed by atoms with Crippen LogP contribution in [0.3, 0.4) is 0 Å². The molecule has 2 heterocycles. The van der Waals surface area contributed by atoms with Gasteiger partial charge in [-0.2, -0.15) is 0 Å². The number of likely N-dealkylation sites (N-methyl/N-ethyl adjacent to an activating group) is 1. The minimum absolute atomic E-state index is 0.0727. The van der Waals surface area contributed by atoms with Gasteiger partial charge in [-0.3, -0.25) is 9.59 Å². The van der Waals surface area contributed by atoms with Crippen LogP contribution in [0.5, 0.6) is 5.75 Å². The summed E-state index contributed by atoms with van der Waals surface area (Å²) >= 11 is 0. The van der Waals surface area contributed by atoms with Gasteiger partial charge in [0.2, 0.25) is 5.91 Å². The predicted molar refractivity (Wildman–Crippen MR) is 128 cm³/mol. The summed E-state index contributed by atoms with van der Waals surface area (Å²) in [6.45, 7) is 2.21. The predicted octanol–water partition coefficient (Wildman–Crippen LogP) is 3.16. The fourth-order valence-corrected chi connectivity index (χ4v) is 4.43. The molecule has 9 nitrogen and oxygen atoms in total. The fourth-order valence-electron chi connectivity index (χ4n) is 4.43. The van der Waals surface area contributed by atoms with E-state index in [1.54, 1.807) is 43.3 Å². The van der Waals surface area contributed by atoms with Gasteiger partial charge in [0.25, 0.3) is 5.91 Å². The topological polar surface area (TPSA) is 109 Å². The molecule has 2 aromatic rings. The number of carbonyl (C=O) groups is 3. The summed E-state index contributed by atoms with van der Waals surface area (Å²) in [6.07, 6.45) is 1.14. The van der Waals surface area contributed by atoms with Crippen molar-refractivity contribution in [2.75, 3.05) is 31.3 Å². The summed E-state index contributed by atoms with van der Waals surface area (Å²) in [5.74, 6) is 0.147. The lowest BCUT2D eigenvalue weighted by molar-refractivity contribution is -0.133. The van der Waals surface area contributed by atoms with E-state index in [0.717, 1.165) is 5.56 Å². The smallest absolute Gasteiger partial charge is 0.323 e. The van der Waals surface area contributed by atoms with Gasteiger partial charge >= 0.3 is 6.03 Å². The van der Waals surface area contributed by atoms with Crippen molar-refractivity contribution in [1.29, 1.82) is 0 Å². The van der Waals surface area contributed by atoms with Crippen molar-refractivity contribution in [2.45, 2.75) is 44.4 Å². The second-order valence-corrected chi connectivity index (χ2v) is 8.71. The third-order valence-corrected chi connectivity index (χ3v) is 6.24. The maximum Gasteiger partial charge on any atom is 0.323 e. The van der Waals surface area contributed by atoms with Crippen LogP contribution in [0.2, 0.25) is 0 Å². The molecule has 4 rings (SSSR count). The average Bonchev–Trinajstić information content (AvgIpc) is 2.81. The van der Waals surface area contributed by atoms with Crippen molar-refractivity contribution >= 4 is 29.2 Å². The molecule has 0 unspecified atom stereocenters. The Morgan fingerprint density at radius 3 is 2.59 bits per heavy atom. The van der Waals surface area contributed by atoms with Gasteiger partial charge in [-0.05, 0) is 55.7 Å². The average molecular weight is 467 g/mol. The van der Waals surface area contributed by atoms with Gasteiger partial charge in [0.1, 0.15) is 18.5 Å². The number of anilines is 2.